The smallest absolute Gasteiger partial charge is 0.129 e. The van der Waals surface area contributed by atoms with E-state index >= 15 is 0 Å². The highest BCUT2D eigenvalue weighted by atomic mass is 35.5. The highest BCUT2D eigenvalue weighted by Gasteiger charge is 2.17. The van der Waals surface area contributed by atoms with E-state index < -0.39 is 0 Å². The molecule has 1 aromatic carbocycles. The molecule has 2 aromatic rings. The summed E-state index contributed by atoms with van der Waals surface area (Å²) in [5.41, 5.74) is 6.99. The summed E-state index contributed by atoms with van der Waals surface area (Å²) in [5.74, 6) is 1.08. The average molecular weight is 264 g/mol. The molecule has 2 N–H and O–H groups in total. The van der Waals surface area contributed by atoms with Crippen LogP contribution in [-0.4, -0.2) is 24.1 Å². The summed E-state index contributed by atoms with van der Waals surface area (Å²) in [4.78, 5) is 7.04. The number of nitrogens with zero attached hydrogens (tertiary/aromatic N) is 2. The van der Waals surface area contributed by atoms with E-state index in [-0.39, 0.29) is 12.4 Å². The van der Waals surface area contributed by atoms with Crippen LogP contribution in [0, 0.1) is 0 Å². The number of benzene rings is 1. The minimum absolute atomic E-state index is 0. The Morgan fingerprint density at radius 1 is 1.06 bits per heavy atom. The third-order valence-electron chi connectivity index (χ3n) is 3.45. The molecule has 0 unspecified atom stereocenters. The molecule has 2 heterocycles. The first-order valence-corrected chi connectivity index (χ1v) is 6.19. The van der Waals surface area contributed by atoms with Crippen molar-refractivity contribution in [3.8, 4) is 0 Å². The first kappa shape index (κ1) is 13.1. The first-order valence-electron chi connectivity index (χ1n) is 6.19. The lowest BCUT2D eigenvalue weighted by atomic mass is 10.1. The van der Waals surface area contributed by atoms with Crippen molar-refractivity contribution in [3.63, 3.8) is 0 Å². The number of halogens is 1. The third-order valence-corrected chi connectivity index (χ3v) is 3.45. The first-order chi connectivity index (χ1) is 8.33. The number of hydrogen-bond acceptors (Lipinski definition) is 3. The Balaban J connectivity index is 0.00000120. The van der Waals surface area contributed by atoms with Crippen LogP contribution < -0.4 is 10.6 Å². The van der Waals surface area contributed by atoms with Gasteiger partial charge in [0.05, 0.1) is 5.52 Å². The molecule has 0 aliphatic carbocycles. The van der Waals surface area contributed by atoms with Crippen molar-refractivity contribution in [2.75, 3.05) is 18.0 Å². The van der Waals surface area contributed by atoms with E-state index in [1.165, 1.54) is 5.39 Å². The second-order valence-corrected chi connectivity index (χ2v) is 4.69. The second-order valence-electron chi connectivity index (χ2n) is 4.69. The lowest BCUT2D eigenvalue weighted by Crippen LogP contribution is -2.40. The largest absolute Gasteiger partial charge is 0.356 e. The van der Waals surface area contributed by atoms with Gasteiger partial charge < -0.3 is 10.6 Å². The van der Waals surface area contributed by atoms with Crippen LogP contribution >= 0.6 is 12.4 Å². The van der Waals surface area contributed by atoms with E-state index in [1.807, 2.05) is 12.1 Å². The molecular formula is C14H18ClN3. The van der Waals surface area contributed by atoms with Gasteiger partial charge in [0.1, 0.15) is 5.82 Å². The van der Waals surface area contributed by atoms with Gasteiger partial charge in [-0.15, -0.1) is 12.4 Å². The maximum absolute atomic E-state index is 5.92. The van der Waals surface area contributed by atoms with Crippen molar-refractivity contribution in [2.45, 2.75) is 18.9 Å². The molecule has 1 aromatic heterocycles. The van der Waals surface area contributed by atoms with E-state index in [2.05, 4.69) is 29.2 Å². The standard InChI is InChI=1S/C14H17N3.ClH/c15-12-7-9-17(10-8-12)14-6-5-11-3-1-2-4-13(11)16-14;/h1-6,12H,7-10,15H2;1H. The van der Waals surface area contributed by atoms with Gasteiger partial charge >= 0.3 is 0 Å². The molecule has 18 heavy (non-hydrogen) atoms. The van der Waals surface area contributed by atoms with Crippen molar-refractivity contribution in [3.05, 3.63) is 36.4 Å². The zero-order chi connectivity index (χ0) is 11.7. The lowest BCUT2D eigenvalue weighted by molar-refractivity contribution is 0.499. The highest BCUT2D eigenvalue weighted by molar-refractivity contribution is 5.85. The molecule has 4 heteroatoms. The summed E-state index contributed by atoms with van der Waals surface area (Å²) in [7, 11) is 0. The fraction of sp³-hybridized carbons (Fsp3) is 0.357. The SMILES string of the molecule is Cl.NC1CCN(c2ccc3ccccc3n2)CC1. The van der Waals surface area contributed by atoms with E-state index in [1.54, 1.807) is 0 Å². The molecule has 1 aliphatic heterocycles. The van der Waals surface area contributed by atoms with Gasteiger partial charge in [0.25, 0.3) is 0 Å². The Morgan fingerprint density at radius 3 is 2.56 bits per heavy atom. The number of rotatable bonds is 1. The van der Waals surface area contributed by atoms with E-state index in [0.29, 0.717) is 6.04 Å². The Bertz CT molecular complexity index is 521. The van der Waals surface area contributed by atoms with Gasteiger partial charge in [0.15, 0.2) is 0 Å². The van der Waals surface area contributed by atoms with Gasteiger partial charge in [-0.25, -0.2) is 4.98 Å². The van der Waals surface area contributed by atoms with Crippen LogP contribution in [0.3, 0.4) is 0 Å². The van der Waals surface area contributed by atoms with Crippen LogP contribution in [-0.2, 0) is 0 Å². The molecule has 1 aliphatic rings. The van der Waals surface area contributed by atoms with Gasteiger partial charge in [0, 0.05) is 24.5 Å². The van der Waals surface area contributed by atoms with Gasteiger partial charge in [-0.1, -0.05) is 18.2 Å². The van der Waals surface area contributed by atoms with Crippen LogP contribution in [0.2, 0.25) is 0 Å². The molecule has 96 valence electrons. The molecule has 0 atom stereocenters. The van der Waals surface area contributed by atoms with E-state index in [0.717, 1.165) is 37.3 Å². The van der Waals surface area contributed by atoms with Gasteiger partial charge in [-0.05, 0) is 31.0 Å². The number of pyridine rings is 1. The molecule has 0 saturated carbocycles. The molecule has 1 fully saturated rings. The van der Waals surface area contributed by atoms with Crippen LogP contribution in [0.1, 0.15) is 12.8 Å². The van der Waals surface area contributed by atoms with Gasteiger partial charge in [-0.3, -0.25) is 0 Å². The molecule has 0 radical (unpaired) electrons. The molecular weight excluding hydrogens is 246 g/mol. The van der Waals surface area contributed by atoms with Gasteiger partial charge in [-0.2, -0.15) is 0 Å². The summed E-state index contributed by atoms with van der Waals surface area (Å²) in [6.07, 6.45) is 2.13. The number of para-hydroxylation sites is 1. The van der Waals surface area contributed by atoms with Crippen LogP contribution in [0.25, 0.3) is 10.9 Å². The summed E-state index contributed by atoms with van der Waals surface area (Å²) in [6, 6.07) is 12.9. The lowest BCUT2D eigenvalue weighted by Gasteiger charge is -2.31. The number of hydrogen-bond donors (Lipinski definition) is 1. The predicted octanol–water partition coefficient (Wildman–Crippen LogP) is 2.58. The Kier molecular flexibility index (Phi) is 4.04. The van der Waals surface area contributed by atoms with Crippen LogP contribution in [0.4, 0.5) is 5.82 Å². The molecule has 0 amide bonds. The monoisotopic (exact) mass is 263 g/mol. The molecule has 0 bridgehead atoms. The normalized spacial score (nSPS) is 16.6. The zero-order valence-electron chi connectivity index (χ0n) is 10.2. The quantitative estimate of drug-likeness (QED) is 0.860. The second kappa shape index (κ2) is 5.55. The maximum atomic E-state index is 5.92. The molecule has 0 spiro atoms. The summed E-state index contributed by atoms with van der Waals surface area (Å²) >= 11 is 0. The molecule has 1 saturated heterocycles. The fourth-order valence-corrected chi connectivity index (χ4v) is 2.36. The topological polar surface area (TPSA) is 42.1 Å². The molecule has 3 rings (SSSR count). The van der Waals surface area contributed by atoms with Crippen LogP contribution in [0.15, 0.2) is 36.4 Å². The van der Waals surface area contributed by atoms with Crippen molar-refractivity contribution in [2.24, 2.45) is 5.73 Å². The average Bonchev–Trinajstić information content (AvgIpc) is 2.39. The number of anilines is 1. The van der Waals surface area contributed by atoms with Crippen molar-refractivity contribution in [1.82, 2.24) is 4.98 Å². The minimum atomic E-state index is 0. The van der Waals surface area contributed by atoms with Crippen molar-refractivity contribution >= 4 is 29.1 Å². The summed E-state index contributed by atoms with van der Waals surface area (Å²) in [5, 5.41) is 1.20. The number of piperidine rings is 1. The Morgan fingerprint density at radius 2 is 1.78 bits per heavy atom. The zero-order valence-corrected chi connectivity index (χ0v) is 11.1. The third kappa shape index (κ3) is 2.57. The highest BCUT2D eigenvalue weighted by Crippen LogP contribution is 2.20. The molecule has 3 nitrogen and oxygen atoms in total. The van der Waals surface area contributed by atoms with Crippen molar-refractivity contribution in [1.29, 1.82) is 0 Å². The number of fused-ring (bicyclic) bond motifs is 1. The van der Waals surface area contributed by atoms with Crippen molar-refractivity contribution < 1.29 is 0 Å². The summed E-state index contributed by atoms with van der Waals surface area (Å²) < 4.78 is 0. The van der Waals surface area contributed by atoms with E-state index in [9.17, 15) is 0 Å². The van der Waals surface area contributed by atoms with E-state index in [4.69, 9.17) is 10.7 Å². The predicted molar refractivity (Wildman–Crippen MR) is 78.4 cm³/mol. The van der Waals surface area contributed by atoms with Gasteiger partial charge in [0.2, 0.25) is 0 Å². The Labute approximate surface area is 113 Å². The summed E-state index contributed by atoms with van der Waals surface area (Å²) in [6.45, 7) is 2.04. The maximum Gasteiger partial charge on any atom is 0.129 e. The Hall–Kier alpha value is -1.32. The number of aromatic nitrogens is 1. The minimum Gasteiger partial charge on any atom is -0.356 e. The fourth-order valence-electron chi connectivity index (χ4n) is 2.36. The van der Waals surface area contributed by atoms with Crippen LogP contribution in [0.5, 0.6) is 0 Å². The number of nitrogens with two attached hydrogens (primary N) is 1.